The van der Waals surface area contributed by atoms with Gasteiger partial charge in [0.1, 0.15) is 0 Å². The standard InChI is InChI=1S/C28H21BrN2O4/c1-12-8-14(29)9-20-21(28(34)35)11-22(30-25(12)20)13-2-4-15(5-3-13)31-26(32)23-16-6-7-17(19-10-18(16)19)24(23)27(31)33/h2-9,11,16-19,23-24H,10H2,1H3,(H,34,35). The van der Waals surface area contributed by atoms with Gasteiger partial charge in [-0.1, -0.05) is 40.2 Å². The number of hydrogen-bond acceptors (Lipinski definition) is 4. The van der Waals surface area contributed by atoms with Gasteiger partial charge in [0.2, 0.25) is 11.8 Å². The third-order valence-corrected chi connectivity index (χ3v) is 8.84. The summed E-state index contributed by atoms with van der Waals surface area (Å²) in [7, 11) is 0. The number of carboxylic acids is 1. The van der Waals surface area contributed by atoms with E-state index in [1.165, 1.54) is 4.90 Å². The second kappa shape index (κ2) is 7.10. The highest BCUT2D eigenvalue weighted by atomic mass is 79.9. The number of aromatic nitrogens is 1. The van der Waals surface area contributed by atoms with Crippen LogP contribution in [0.1, 0.15) is 22.3 Å². The van der Waals surface area contributed by atoms with Crippen molar-refractivity contribution in [3.8, 4) is 11.3 Å². The van der Waals surface area contributed by atoms with Crippen molar-refractivity contribution in [2.24, 2.45) is 35.5 Å². The van der Waals surface area contributed by atoms with Crippen LogP contribution in [0.3, 0.4) is 0 Å². The molecule has 1 N–H and O–H groups in total. The highest BCUT2D eigenvalue weighted by Crippen LogP contribution is 2.65. The number of carboxylic acid groups (broad SMARTS) is 1. The van der Waals surface area contributed by atoms with Gasteiger partial charge in [0.25, 0.3) is 0 Å². The third kappa shape index (κ3) is 2.88. The van der Waals surface area contributed by atoms with Crippen molar-refractivity contribution in [3.05, 3.63) is 70.2 Å². The first-order chi connectivity index (χ1) is 16.8. The van der Waals surface area contributed by atoms with Gasteiger partial charge >= 0.3 is 5.97 Å². The lowest BCUT2D eigenvalue weighted by atomic mass is 9.63. The molecule has 1 saturated heterocycles. The zero-order valence-corrected chi connectivity index (χ0v) is 20.4. The zero-order chi connectivity index (χ0) is 24.2. The topological polar surface area (TPSA) is 87.6 Å². The van der Waals surface area contributed by atoms with Crippen LogP contribution in [-0.4, -0.2) is 27.9 Å². The summed E-state index contributed by atoms with van der Waals surface area (Å²) in [5.41, 5.74) is 3.48. The second-order valence-electron chi connectivity index (χ2n) is 10.2. The van der Waals surface area contributed by atoms with Crippen molar-refractivity contribution in [1.82, 2.24) is 4.98 Å². The monoisotopic (exact) mass is 528 g/mol. The van der Waals surface area contributed by atoms with E-state index in [1.807, 2.05) is 13.0 Å². The summed E-state index contributed by atoms with van der Waals surface area (Å²) >= 11 is 3.43. The maximum Gasteiger partial charge on any atom is 0.336 e. The molecule has 4 aliphatic carbocycles. The molecular weight excluding hydrogens is 508 g/mol. The Balaban J connectivity index is 1.25. The molecule has 0 spiro atoms. The fourth-order valence-electron chi connectivity index (χ4n) is 6.77. The van der Waals surface area contributed by atoms with Crippen molar-refractivity contribution in [1.29, 1.82) is 0 Å². The molecule has 2 bridgehead atoms. The smallest absolute Gasteiger partial charge is 0.336 e. The number of anilines is 1. The number of hydrogen-bond donors (Lipinski definition) is 1. The van der Waals surface area contributed by atoms with Gasteiger partial charge < -0.3 is 5.11 Å². The fourth-order valence-corrected chi connectivity index (χ4v) is 7.35. The molecule has 6 unspecified atom stereocenters. The molecule has 1 aliphatic heterocycles. The maximum absolute atomic E-state index is 13.4. The Hall–Kier alpha value is -3.32. The highest BCUT2D eigenvalue weighted by Gasteiger charge is 2.67. The summed E-state index contributed by atoms with van der Waals surface area (Å²) in [6, 6.07) is 12.4. The summed E-state index contributed by atoms with van der Waals surface area (Å²) in [6.45, 7) is 1.90. The van der Waals surface area contributed by atoms with Gasteiger partial charge in [0.15, 0.2) is 0 Å². The van der Waals surface area contributed by atoms with Crippen molar-refractivity contribution in [2.45, 2.75) is 13.3 Å². The number of aromatic carboxylic acids is 1. The number of carbonyl (C=O) groups excluding carboxylic acids is 2. The molecular formula is C28H21BrN2O4. The lowest BCUT2D eigenvalue weighted by molar-refractivity contribution is -0.124. The van der Waals surface area contributed by atoms with Gasteiger partial charge in [0, 0.05) is 15.4 Å². The average Bonchev–Trinajstić information content (AvgIpc) is 3.62. The minimum absolute atomic E-state index is 0.0874. The number of allylic oxidation sites excluding steroid dienone is 2. The largest absolute Gasteiger partial charge is 0.478 e. The molecule has 174 valence electrons. The molecule has 6 atom stereocenters. The van der Waals surface area contributed by atoms with Crippen LogP contribution in [0.4, 0.5) is 5.69 Å². The lowest BCUT2D eigenvalue weighted by Gasteiger charge is -2.37. The van der Waals surface area contributed by atoms with Crippen LogP contribution in [0.5, 0.6) is 0 Å². The third-order valence-electron chi connectivity index (χ3n) is 8.38. The summed E-state index contributed by atoms with van der Waals surface area (Å²) in [5.74, 6) is -0.151. The number of carbonyl (C=O) groups is 3. The first-order valence-electron chi connectivity index (χ1n) is 11.8. The number of benzene rings is 2. The van der Waals surface area contributed by atoms with Gasteiger partial charge in [-0.05, 0) is 72.9 Å². The predicted octanol–water partition coefficient (Wildman–Crippen LogP) is 5.23. The molecule has 2 amide bonds. The van der Waals surface area contributed by atoms with Gasteiger partial charge in [-0.25, -0.2) is 9.78 Å². The normalized spacial score (nSPS) is 30.1. The van der Waals surface area contributed by atoms with Crippen LogP contribution in [0.25, 0.3) is 22.2 Å². The van der Waals surface area contributed by atoms with E-state index in [-0.39, 0.29) is 41.0 Å². The molecule has 6 nitrogen and oxygen atoms in total. The quantitative estimate of drug-likeness (QED) is 0.371. The molecule has 2 saturated carbocycles. The van der Waals surface area contributed by atoms with Crippen LogP contribution in [0.2, 0.25) is 0 Å². The molecule has 3 aromatic rings. The molecule has 2 aromatic carbocycles. The molecule has 7 heteroatoms. The van der Waals surface area contributed by atoms with Gasteiger partial charge in [0.05, 0.1) is 34.3 Å². The number of amides is 2. The van der Waals surface area contributed by atoms with E-state index in [2.05, 4.69) is 28.1 Å². The van der Waals surface area contributed by atoms with Gasteiger partial charge in [-0.3, -0.25) is 14.5 Å². The van der Waals surface area contributed by atoms with E-state index in [0.717, 1.165) is 22.0 Å². The van der Waals surface area contributed by atoms with Crippen LogP contribution < -0.4 is 4.90 Å². The minimum atomic E-state index is -1.02. The average molecular weight is 529 g/mol. The molecule has 1 aromatic heterocycles. The van der Waals surface area contributed by atoms with Crippen molar-refractivity contribution in [3.63, 3.8) is 0 Å². The van der Waals surface area contributed by atoms with Crippen LogP contribution >= 0.6 is 15.9 Å². The van der Waals surface area contributed by atoms with Crippen molar-refractivity contribution >= 4 is 50.3 Å². The van der Waals surface area contributed by atoms with Crippen LogP contribution in [0.15, 0.2) is 59.1 Å². The summed E-state index contributed by atoms with van der Waals surface area (Å²) in [6.07, 6.45) is 5.48. The van der Waals surface area contributed by atoms with Gasteiger partial charge in [-0.15, -0.1) is 0 Å². The number of imide groups is 1. The molecule has 35 heavy (non-hydrogen) atoms. The van der Waals surface area contributed by atoms with Crippen molar-refractivity contribution in [2.75, 3.05) is 4.90 Å². The van der Waals surface area contributed by atoms with E-state index in [9.17, 15) is 19.5 Å². The predicted molar refractivity (Wildman–Crippen MR) is 134 cm³/mol. The summed E-state index contributed by atoms with van der Waals surface area (Å²) in [5, 5.41) is 10.4. The first kappa shape index (κ1) is 21.0. The van der Waals surface area contributed by atoms with Crippen LogP contribution in [-0.2, 0) is 9.59 Å². The van der Waals surface area contributed by atoms with E-state index < -0.39 is 5.97 Å². The summed E-state index contributed by atoms with van der Waals surface area (Å²) in [4.78, 5) is 44.9. The number of fused-ring (bicyclic) bond motifs is 1. The van der Waals surface area contributed by atoms with E-state index in [4.69, 9.17) is 4.98 Å². The Bertz CT molecular complexity index is 1480. The van der Waals surface area contributed by atoms with Crippen molar-refractivity contribution < 1.29 is 19.5 Å². The first-order valence-corrected chi connectivity index (χ1v) is 12.6. The zero-order valence-electron chi connectivity index (χ0n) is 18.8. The lowest BCUT2D eigenvalue weighted by Crippen LogP contribution is -2.40. The molecule has 0 radical (unpaired) electrons. The fraction of sp³-hybridized carbons (Fsp3) is 0.286. The molecule has 2 heterocycles. The van der Waals surface area contributed by atoms with E-state index in [1.54, 1.807) is 36.4 Å². The molecule has 8 rings (SSSR count). The Labute approximate surface area is 209 Å². The SMILES string of the molecule is Cc1cc(Br)cc2c(C(=O)O)cc(-c3ccc(N4C(=O)C5C6C=CC(C7CC67)C5C4=O)cc3)nc12. The number of nitrogens with zero attached hydrogens (tertiary/aromatic N) is 2. The Kier molecular flexibility index (Phi) is 4.26. The number of rotatable bonds is 3. The molecule has 3 fully saturated rings. The second-order valence-corrected chi connectivity index (χ2v) is 11.1. The van der Waals surface area contributed by atoms with E-state index in [0.29, 0.717) is 34.1 Å². The van der Waals surface area contributed by atoms with E-state index >= 15 is 0 Å². The highest BCUT2D eigenvalue weighted by molar-refractivity contribution is 9.10. The molecule has 5 aliphatic rings. The number of pyridine rings is 1. The maximum atomic E-state index is 13.4. The Morgan fingerprint density at radius 1 is 1.00 bits per heavy atom. The minimum Gasteiger partial charge on any atom is -0.478 e. The number of halogens is 1. The number of aryl methyl sites for hydroxylation is 1. The Morgan fingerprint density at radius 3 is 2.23 bits per heavy atom. The van der Waals surface area contributed by atoms with Crippen LogP contribution in [0, 0.1) is 42.4 Å². The van der Waals surface area contributed by atoms with Gasteiger partial charge in [-0.2, -0.15) is 0 Å². The Morgan fingerprint density at radius 2 is 1.63 bits per heavy atom. The summed E-state index contributed by atoms with van der Waals surface area (Å²) < 4.78 is 0.797.